The summed E-state index contributed by atoms with van der Waals surface area (Å²) in [7, 11) is 0. The molecule has 0 aliphatic heterocycles. The highest BCUT2D eigenvalue weighted by Crippen LogP contribution is 2.37. The molecule has 0 aliphatic rings. The van der Waals surface area contributed by atoms with E-state index >= 15 is 0 Å². The number of esters is 1. The van der Waals surface area contributed by atoms with E-state index in [1.54, 1.807) is 0 Å². The molecule has 0 spiro atoms. The Bertz CT molecular complexity index is 341. The minimum absolute atomic E-state index is 0.0748. The van der Waals surface area contributed by atoms with Gasteiger partial charge in [0, 0.05) is 6.04 Å². The van der Waals surface area contributed by atoms with Crippen molar-refractivity contribution < 1.29 is 36.3 Å². The Morgan fingerprint density at radius 3 is 1.95 bits per heavy atom. The molecule has 19 heavy (non-hydrogen) atoms. The molecule has 0 aromatic heterocycles. The fraction of sp³-hybridized carbons (Fsp3) is 0.800. The third kappa shape index (κ3) is 4.32. The van der Waals surface area contributed by atoms with E-state index in [2.05, 4.69) is 4.74 Å². The molecular formula is C10H14F5NO3. The Kier molecular flexibility index (Phi) is 5.70. The molecule has 0 rings (SSSR count). The second-order valence-electron chi connectivity index (χ2n) is 3.90. The van der Waals surface area contributed by atoms with E-state index in [1.807, 2.05) is 0 Å². The van der Waals surface area contributed by atoms with E-state index in [0.717, 1.165) is 0 Å². The lowest BCUT2D eigenvalue weighted by Crippen LogP contribution is -2.55. The smallest absolute Gasteiger partial charge is 0.463 e. The van der Waals surface area contributed by atoms with Crippen molar-refractivity contribution in [2.24, 2.45) is 0 Å². The summed E-state index contributed by atoms with van der Waals surface area (Å²) in [5.74, 6) is -9.06. The lowest BCUT2D eigenvalue weighted by Gasteiger charge is -2.30. The van der Waals surface area contributed by atoms with Crippen LogP contribution in [0.2, 0.25) is 0 Å². The quantitative estimate of drug-likeness (QED) is 0.575. The first-order valence-electron chi connectivity index (χ1n) is 5.36. The van der Waals surface area contributed by atoms with Crippen molar-refractivity contribution in [1.82, 2.24) is 4.90 Å². The molecule has 0 saturated heterocycles. The van der Waals surface area contributed by atoms with E-state index in [-0.39, 0.29) is 11.5 Å². The van der Waals surface area contributed by atoms with Crippen molar-refractivity contribution >= 4 is 11.9 Å². The van der Waals surface area contributed by atoms with Crippen molar-refractivity contribution in [2.75, 3.05) is 13.2 Å². The van der Waals surface area contributed by atoms with Gasteiger partial charge in [0.1, 0.15) is 6.54 Å². The summed E-state index contributed by atoms with van der Waals surface area (Å²) in [5, 5.41) is 0. The number of carbonyl (C=O) groups is 2. The third-order valence-electron chi connectivity index (χ3n) is 2.11. The minimum atomic E-state index is -6.01. The molecule has 0 bridgehead atoms. The van der Waals surface area contributed by atoms with Gasteiger partial charge in [0.15, 0.2) is 0 Å². The van der Waals surface area contributed by atoms with Gasteiger partial charge in [-0.25, -0.2) is 0 Å². The zero-order valence-electron chi connectivity index (χ0n) is 10.6. The molecule has 0 aromatic rings. The van der Waals surface area contributed by atoms with E-state index in [1.165, 1.54) is 20.8 Å². The molecule has 0 radical (unpaired) electrons. The van der Waals surface area contributed by atoms with Crippen LogP contribution in [-0.4, -0.2) is 48.1 Å². The van der Waals surface area contributed by atoms with Crippen molar-refractivity contribution in [3.05, 3.63) is 0 Å². The van der Waals surface area contributed by atoms with Gasteiger partial charge in [0.05, 0.1) is 6.61 Å². The van der Waals surface area contributed by atoms with Crippen LogP contribution in [-0.2, 0) is 14.3 Å². The predicted octanol–water partition coefficient (Wildman–Crippen LogP) is 1.98. The van der Waals surface area contributed by atoms with Crippen LogP contribution in [0.5, 0.6) is 0 Å². The van der Waals surface area contributed by atoms with Gasteiger partial charge in [-0.05, 0) is 20.8 Å². The van der Waals surface area contributed by atoms with E-state index in [0.29, 0.717) is 0 Å². The first-order chi connectivity index (χ1) is 8.45. The lowest BCUT2D eigenvalue weighted by atomic mass is 10.2. The number of halogens is 5. The standard InChI is InChI=1S/C10H14F5NO3/c1-4-19-7(17)5-16(6(2)3)8(18)9(11,12)10(13,14)15/h6H,4-5H2,1-3H3. The Hall–Kier alpha value is -1.41. The molecule has 4 nitrogen and oxygen atoms in total. The summed E-state index contributed by atoms with van der Waals surface area (Å²) in [6.07, 6.45) is -6.01. The van der Waals surface area contributed by atoms with Crippen LogP contribution in [0.1, 0.15) is 20.8 Å². The van der Waals surface area contributed by atoms with Crippen molar-refractivity contribution in [3.63, 3.8) is 0 Å². The molecule has 0 atom stereocenters. The first kappa shape index (κ1) is 17.6. The second kappa shape index (κ2) is 6.16. The number of amides is 1. The molecular weight excluding hydrogens is 277 g/mol. The van der Waals surface area contributed by atoms with Crippen LogP contribution in [0.4, 0.5) is 22.0 Å². The summed E-state index contributed by atoms with van der Waals surface area (Å²) in [6, 6.07) is -1.01. The van der Waals surface area contributed by atoms with Crippen LogP contribution in [0.3, 0.4) is 0 Å². The van der Waals surface area contributed by atoms with Gasteiger partial charge in [-0.3, -0.25) is 9.59 Å². The number of alkyl halides is 5. The van der Waals surface area contributed by atoms with Gasteiger partial charge in [0.2, 0.25) is 0 Å². The van der Waals surface area contributed by atoms with Crippen LogP contribution in [0, 0.1) is 0 Å². The average molecular weight is 291 g/mol. The van der Waals surface area contributed by atoms with Gasteiger partial charge in [-0.1, -0.05) is 0 Å². The summed E-state index contributed by atoms with van der Waals surface area (Å²) >= 11 is 0. The molecule has 1 amide bonds. The zero-order chi connectivity index (χ0) is 15.4. The number of ether oxygens (including phenoxy) is 1. The number of hydrogen-bond donors (Lipinski definition) is 0. The number of carbonyl (C=O) groups excluding carboxylic acids is 2. The number of hydrogen-bond acceptors (Lipinski definition) is 3. The minimum Gasteiger partial charge on any atom is -0.465 e. The molecule has 0 saturated carbocycles. The van der Waals surface area contributed by atoms with Gasteiger partial charge in [0.25, 0.3) is 0 Å². The zero-order valence-corrected chi connectivity index (χ0v) is 10.6. The van der Waals surface area contributed by atoms with Gasteiger partial charge in [-0.15, -0.1) is 0 Å². The fourth-order valence-electron chi connectivity index (χ4n) is 1.14. The molecule has 0 N–H and O–H groups in total. The monoisotopic (exact) mass is 291 g/mol. The highest BCUT2D eigenvalue weighted by molar-refractivity contribution is 5.88. The number of nitrogens with zero attached hydrogens (tertiary/aromatic N) is 1. The molecule has 112 valence electrons. The Balaban J connectivity index is 5.11. The Morgan fingerprint density at radius 1 is 1.16 bits per heavy atom. The van der Waals surface area contributed by atoms with Gasteiger partial charge in [-0.2, -0.15) is 22.0 Å². The fourth-order valence-corrected chi connectivity index (χ4v) is 1.14. The highest BCUT2D eigenvalue weighted by Gasteiger charge is 2.65. The van der Waals surface area contributed by atoms with Crippen LogP contribution >= 0.6 is 0 Å². The maximum atomic E-state index is 12.9. The molecule has 0 heterocycles. The molecule has 0 aromatic carbocycles. The molecule has 0 unspecified atom stereocenters. The third-order valence-corrected chi connectivity index (χ3v) is 2.11. The van der Waals surface area contributed by atoms with Crippen LogP contribution < -0.4 is 0 Å². The maximum Gasteiger partial charge on any atom is 0.463 e. The highest BCUT2D eigenvalue weighted by atomic mass is 19.4. The SMILES string of the molecule is CCOC(=O)CN(C(=O)C(F)(F)C(F)(F)F)C(C)C. The predicted molar refractivity (Wildman–Crippen MR) is 54.5 cm³/mol. The van der Waals surface area contributed by atoms with Crippen molar-refractivity contribution in [2.45, 2.75) is 38.9 Å². The second-order valence-corrected chi connectivity index (χ2v) is 3.90. The Labute approximate surface area is 106 Å². The molecule has 0 aliphatic carbocycles. The topological polar surface area (TPSA) is 46.6 Å². The Morgan fingerprint density at radius 2 is 1.63 bits per heavy atom. The first-order valence-corrected chi connectivity index (χ1v) is 5.36. The summed E-state index contributed by atoms with van der Waals surface area (Å²) < 4.78 is 66.5. The average Bonchev–Trinajstić information content (AvgIpc) is 2.23. The van der Waals surface area contributed by atoms with E-state index in [9.17, 15) is 31.5 Å². The van der Waals surface area contributed by atoms with E-state index < -0.39 is 36.6 Å². The number of rotatable bonds is 5. The van der Waals surface area contributed by atoms with Gasteiger partial charge < -0.3 is 9.64 Å². The molecule has 0 fully saturated rings. The summed E-state index contributed by atoms with van der Waals surface area (Å²) in [4.78, 5) is 22.5. The van der Waals surface area contributed by atoms with Gasteiger partial charge >= 0.3 is 24.0 Å². The van der Waals surface area contributed by atoms with Crippen molar-refractivity contribution in [1.29, 1.82) is 0 Å². The lowest BCUT2D eigenvalue weighted by molar-refractivity contribution is -0.275. The largest absolute Gasteiger partial charge is 0.465 e. The van der Waals surface area contributed by atoms with E-state index in [4.69, 9.17) is 0 Å². The normalized spacial score (nSPS) is 12.5. The summed E-state index contributed by atoms with van der Waals surface area (Å²) in [6.45, 7) is 2.82. The molecule has 9 heteroatoms. The van der Waals surface area contributed by atoms with Crippen LogP contribution in [0.15, 0.2) is 0 Å². The van der Waals surface area contributed by atoms with Crippen LogP contribution in [0.25, 0.3) is 0 Å². The van der Waals surface area contributed by atoms with Crippen molar-refractivity contribution in [3.8, 4) is 0 Å². The summed E-state index contributed by atoms with van der Waals surface area (Å²) in [5.41, 5.74) is 0. The maximum absolute atomic E-state index is 12.9.